The number of nitrogens with one attached hydrogen (secondary N) is 3. The fourth-order valence-corrected chi connectivity index (χ4v) is 1.92. The largest absolute Gasteiger partial charge is 0.356 e. The molecule has 1 unspecified atom stereocenters. The van der Waals surface area contributed by atoms with Crippen molar-refractivity contribution in [1.29, 1.82) is 0 Å². The number of rotatable bonds is 7. The van der Waals surface area contributed by atoms with Gasteiger partial charge >= 0.3 is 0 Å². The van der Waals surface area contributed by atoms with E-state index in [4.69, 9.17) is 11.6 Å². The molecule has 1 aromatic carbocycles. The third-order valence-electron chi connectivity index (χ3n) is 3.59. The van der Waals surface area contributed by atoms with Gasteiger partial charge in [-0.3, -0.25) is 9.79 Å². The van der Waals surface area contributed by atoms with Gasteiger partial charge in [-0.1, -0.05) is 25.4 Å². The van der Waals surface area contributed by atoms with Crippen LogP contribution in [-0.4, -0.2) is 31.5 Å². The number of benzene rings is 1. The van der Waals surface area contributed by atoms with Crippen molar-refractivity contribution < 1.29 is 4.79 Å². The van der Waals surface area contributed by atoms with Gasteiger partial charge in [-0.2, -0.15) is 0 Å². The average Bonchev–Trinajstić information content (AvgIpc) is 2.52. The molecule has 0 aliphatic rings. The van der Waals surface area contributed by atoms with Gasteiger partial charge in [0, 0.05) is 36.8 Å². The Morgan fingerprint density at radius 3 is 2.43 bits per heavy atom. The van der Waals surface area contributed by atoms with E-state index in [9.17, 15) is 4.79 Å². The fourth-order valence-electron chi connectivity index (χ4n) is 1.79. The predicted octanol–water partition coefficient (Wildman–Crippen LogP) is 3.27. The number of halogens is 1. The van der Waals surface area contributed by atoms with E-state index in [0.717, 1.165) is 18.1 Å². The van der Waals surface area contributed by atoms with Crippen molar-refractivity contribution in [3.63, 3.8) is 0 Å². The molecular formula is C17H27ClN4O. The molecule has 0 saturated heterocycles. The molecule has 0 aliphatic carbocycles. The van der Waals surface area contributed by atoms with Crippen molar-refractivity contribution in [3.8, 4) is 0 Å². The molecule has 0 radical (unpaired) electrons. The molecule has 0 fully saturated rings. The van der Waals surface area contributed by atoms with Gasteiger partial charge in [-0.05, 0) is 43.5 Å². The van der Waals surface area contributed by atoms with Crippen molar-refractivity contribution in [2.24, 2.45) is 10.9 Å². The quantitative estimate of drug-likeness (QED) is 0.406. The molecule has 1 aromatic rings. The summed E-state index contributed by atoms with van der Waals surface area (Å²) in [7, 11) is 1.75. The Morgan fingerprint density at radius 1 is 1.22 bits per heavy atom. The summed E-state index contributed by atoms with van der Waals surface area (Å²) < 4.78 is 0. The van der Waals surface area contributed by atoms with Gasteiger partial charge in [0.2, 0.25) is 5.91 Å². The number of carbonyl (C=O) groups excluding carboxylic acids is 1. The van der Waals surface area contributed by atoms with E-state index in [0.29, 0.717) is 29.9 Å². The first-order chi connectivity index (χ1) is 10.9. The maximum Gasteiger partial charge on any atom is 0.224 e. The van der Waals surface area contributed by atoms with E-state index >= 15 is 0 Å². The highest BCUT2D eigenvalue weighted by molar-refractivity contribution is 6.30. The van der Waals surface area contributed by atoms with Crippen molar-refractivity contribution >= 4 is 29.2 Å². The first-order valence-corrected chi connectivity index (χ1v) is 8.32. The summed E-state index contributed by atoms with van der Waals surface area (Å²) in [4.78, 5) is 16.0. The zero-order chi connectivity index (χ0) is 17.2. The van der Waals surface area contributed by atoms with E-state index in [1.165, 1.54) is 0 Å². The number of hydrogen-bond acceptors (Lipinski definition) is 2. The Balaban J connectivity index is 2.25. The van der Waals surface area contributed by atoms with E-state index < -0.39 is 0 Å². The first-order valence-electron chi connectivity index (χ1n) is 7.95. The highest BCUT2D eigenvalue weighted by Gasteiger charge is 2.08. The molecule has 1 rings (SSSR count). The number of guanidine groups is 1. The third-order valence-corrected chi connectivity index (χ3v) is 3.84. The Morgan fingerprint density at radius 2 is 1.87 bits per heavy atom. The molecule has 128 valence electrons. The molecule has 1 atom stereocenters. The molecule has 0 spiro atoms. The number of amides is 1. The van der Waals surface area contributed by atoms with Gasteiger partial charge in [0.05, 0.1) is 0 Å². The summed E-state index contributed by atoms with van der Waals surface area (Å²) in [6.45, 7) is 7.13. The molecule has 5 nitrogen and oxygen atoms in total. The molecule has 0 saturated carbocycles. The topological polar surface area (TPSA) is 65.5 Å². The maximum absolute atomic E-state index is 11.9. The van der Waals surface area contributed by atoms with Crippen molar-refractivity contribution in [2.45, 2.75) is 39.7 Å². The number of anilines is 1. The van der Waals surface area contributed by atoms with Crippen LogP contribution in [0.3, 0.4) is 0 Å². The van der Waals surface area contributed by atoms with Crippen LogP contribution < -0.4 is 16.0 Å². The predicted molar refractivity (Wildman–Crippen MR) is 98.1 cm³/mol. The lowest BCUT2D eigenvalue weighted by atomic mass is 10.1. The fraction of sp³-hybridized carbons (Fsp3) is 0.529. The molecule has 6 heteroatoms. The lowest BCUT2D eigenvalue weighted by Crippen LogP contribution is -2.44. The summed E-state index contributed by atoms with van der Waals surface area (Å²) in [5.74, 6) is 1.29. The highest BCUT2D eigenvalue weighted by atomic mass is 35.5. The normalized spacial score (nSPS) is 12.9. The van der Waals surface area contributed by atoms with Gasteiger partial charge in [0.25, 0.3) is 0 Å². The summed E-state index contributed by atoms with van der Waals surface area (Å²) >= 11 is 5.81. The van der Waals surface area contributed by atoms with Crippen molar-refractivity contribution in [3.05, 3.63) is 29.3 Å². The molecule has 0 aliphatic heterocycles. The monoisotopic (exact) mass is 338 g/mol. The minimum Gasteiger partial charge on any atom is -0.356 e. The lowest BCUT2D eigenvalue weighted by molar-refractivity contribution is -0.116. The average molecular weight is 339 g/mol. The first kappa shape index (κ1) is 19.3. The maximum atomic E-state index is 11.9. The van der Waals surface area contributed by atoms with Gasteiger partial charge in [0.1, 0.15) is 0 Å². The number of hydrogen-bond donors (Lipinski definition) is 3. The standard InChI is InChI=1S/C17H27ClN4O/c1-12(2)13(3)21-17(19-4)20-11-5-6-16(23)22-15-9-7-14(18)8-10-15/h7-10,12-13H,5-6,11H2,1-4H3,(H,22,23)(H2,19,20,21). The number of nitrogens with zero attached hydrogens (tertiary/aromatic N) is 1. The highest BCUT2D eigenvalue weighted by Crippen LogP contribution is 2.13. The Kier molecular flexibility index (Phi) is 8.48. The van der Waals surface area contributed by atoms with Crippen LogP contribution in [0.1, 0.15) is 33.6 Å². The SMILES string of the molecule is CN=C(NCCCC(=O)Nc1ccc(Cl)cc1)NC(C)C(C)C. The van der Waals surface area contributed by atoms with Crippen LogP contribution in [0.5, 0.6) is 0 Å². The van der Waals surface area contributed by atoms with Gasteiger partial charge in [0.15, 0.2) is 5.96 Å². The van der Waals surface area contributed by atoms with Crippen LogP contribution in [0, 0.1) is 5.92 Å². The Labute approximate surface area is 143 Å². The lowest BCUT2D eigenvalue weighted by Gasteiger charge is -2.20. The summed E-state index contributed by atoms with van der Waals surface area (Å²) in [6.07, 6.45) is 1.18. The summed E-state index contributed by atoms with van der Waals surface area (Å²) in [5, 5.41) is 10.1. The zero-order valence-electron chi connectivity index (χ0n) is 14.3. The van der Waals surface area contributed by atoms with Crippen molar-refractivity contribution in [2.75, 3.05) is 18.9 Å². The molecule has 3 N–H and O–H groups in total. The molecule has 1 amide bonds. The second kappa shape index (κ2) is 10.1. The Bertz CT molecular complexity index is 514. The van der Waals surface area contributed by atoms with Crippen LogP contribution in [0.2, 0.25) is 5.02 Å². The zero-order valence-corrected chi connectivity index (χ0v) is 15.1. The molecule has 0 aromatic heterocycles. The van der Waals surface area contributed by atoms with Crippen LogP contribution in [0.15, 0.2) is 29.3 Å². The van der Waals surface area contributed by atoms with Crippen LogP contribution in [-0.2, 0) is 4.79 Å². The second-order valence-corrected chi connectivity index (χ2v) is 6.27. The van der Waals surface area contributed by atoms with E-state index in [1.807, 2.05) is 0 Å². The second-order valence-electron chi connectivity index (χ2n) is 5.83. The molecule has 23 heavy (non-hydrogen) atoms. The molecule has 0 heterocycles. The van der Waals surface area contributed by atoms with Crippen LogP contribution in [0.25, 0.3) is 0 Å². The Hall–Kier alpha value is -1.75. The summed E-state index contributed by atoms with van der Waals surface area (Å²) in [5.41, 5.74) is 0.760. The van der Waals surface area contributed by atoms with Gasteiger partial charge in [-0.25, -0.2) is 0 Å². The summed E-state index contributed by atoms with van der Waals surface area (Å²) in [6, 6.07) is 7.43. The minimum atomic E-state index is -0.00684. The van der Waals surface area contributed by atoms with E-state index in [1.54, 1.807) is 31.3 Å². The third kappa shape index (κ3) is 7.88. The number of aliphatic imine (C=N–C) groups is 1. The smallest absolute Gasteiger partial charge is 0.224 e. The van der Waals surface area contributed by atoms with E-state index in [2.05, 4.69) is 41.7 Å². The minimum absolute atomic E-state index is 0.00684. The molecule has 0 bridgehead atoms. The van der Waals surface area contributed by atoms with E-state index in [-0.39, 0.29) is 5.91 Å². The van der Waals surface area contributed by atoms with Gasteiger partial charge < -0.3 is 16.0 Å². The van der Waals surface area contributed by atoms with Crippen LogP contribution >= 0.6 is 11.6 Å². The van der Waals surface area contributed by atoms with Crippen molar-refractivity contribution in [1.82, 2.24) is 10.6 Å². The van der Waals surface area contributed by atoms with Gasteiger partial charge in [-0.15, -0.1) is 0 Å². The molecular weight excluding hydrogens is 312 g/mol. The van der Waals surface area contributed by atoms with Crippen LogP contribution in [0.4, 0.5) is 5.69 Å². The number of carbonyl (C=O) groups is 1.